The minimum atomic E-state index is -5.33. The number of rotatable bonds is 7. The molecule has 0 fully saturated rings. The Morgan fingerprint density at radius 3 is 2.27 bits per heavy atom. The van der Waals surface area contributed by atoms with Gasteiger partial charge in [0.15, 0.2) is 5.69 Å². The summed E-state index contributed by atoms with van der Waals surface area (Å²) in [6.45, 7) is -2.41. The first-order chi connectivity index (χ1) is 17.0. The fourth-order valence-corrected chi connectivity index (χ4v) is 3.47. The number of benzene rings is 1. The van der Waals surface area contributed by atoms with Gasteiger partial charge in [0.05, 0.1) is 17.7 Å². The van der Waals surface area contributed by atoms with Gasteiger partial charge in [0, 0.05) is 18.9 Å². The number of carbonyl (C=O) groups excluding carboxylic acids is 2. The van der Waals surface area contributed by atoms with Crippen molar-refractivity contribution < 1.29 is 53.9 Å². The molecule has 1 aromatic carbocycles. The van der Waals surface area contributed by atoms with Crippen LogP contribution in [0.25, 0.3) is 0 Å². The summed E-state index contributed by atoms with van der Waals surface area (Å²) in [4.78, 5) is 28.3. The van der Waals surface area contributed by atoms with E-state index in [-0.39, 0.29) is 23.4 Å². The van der Waals surface area contributed by atoms with Crippen molar-refractivity contribution in [2.45, 2.75) is 30.6 Å². The second-order valence-corrected chi connectivity index (χ2v) is 7.87. The molecule has 37 heavy (non-hydrogen) atoms. The lowest BCUT2D eigenvalue weighted by molar-refractivity contribution is -0.277. The number of amides is 2. The van der Waals surface area contributed by atoms with Gasteiger partial charge in [-0.3, -0.25) is 14.3 Å². The fraction of sp³-hybridized carbons (Fsp3) is 0.400. The van der Waals surface area contributed by atoms with Crippen molar-refractivity contribution in [3.63, 3.8) is 0 Å². The highest BCUT2D eigenvalue weighted by atomic mass is 19.4. The van der Waals surface area contributed by atoms with Crippen LogP contribution in [0.5, 0.6) is 0 Å². The number of carbonyl (C=O) groups is 2. The van der Waals surface area contributed by atoms with E-state index in [9.17, 15) is 49.1 Å². The van der Waals surface area contributed by atoms with E-state index in [1.165, 1.54) is 0 Å². The summed E-state index contributed by atoms with van der Waals surface area (Å²) in [5.41, 5.74) is -6.94. The van der Waals surface area contributed by atoms with Crippen LogP contribution in [0.15, 0.2) is 35.6 Å². The van der Waals surface area contributed by atoms with Crippen LogP contribution in [0.4, 0.5) is 45.2 Å². The molecule has 0 saturated heterocycles. The van der Waals surface area contributed by atoms with Crippen LogP contribution in [0.3, 0.4) is 0 Å². The molecule has 0 aliphatic carbocycles. The van der Waals surface area contributed by atoms with E-state index in [0.29, 0.717) is 10.9 Å². The summed E-state index contributed by atoms with van der Waals surface area (Å²) in [6.07, 6.45) is -15.7. The van der Waals surface area contributed by atoms with Crippen molar-refractivity contribution in [3.8, 4) is 0 Å². The van der Waals surface area contributed by atoms with Crippen molar-refractivity contribution in [1.29, 1.82) is 0 Å². The highest BCUT2D eigenvalue weighted by molar-refractivity contribution is 6.02. The third-order valence-corrected chi connectivity index (χ3v) is 5.18. The highest BCUT2D eigenvalue weighted by Gasteiger charge is 2.65. The standard InChI is InChI=1S/C20H16F9N5O3/c1-33-7-13(16(31-33)19(24,25)26)17(20(27,28)29)6-14(32-37-17)11-2-4-12(5-3-11)34(10-35)8-15(36)30-9-18(21,22)23/h2-5,7,10H,6,8-9H2,1H3,(H,30,36). The van der Waals surface area contributed by atoms with Gasteiger partial charge < -0.3 is 15.1 Å². The zero-order chi connectivity index (χ0) is 27.8. The minimum absolute atomic E-state index is 0.00544. The molecule has 1 atom stereocenters. The lowest BCUT2D eigenvalue weighted by atomic mass is 9.86. The quantitative estimate of drug-likeness (QED) is 0.425. The van der Waals surface area contributed by atoms with Gasteiger partial charge in [0.1, 0.15) is 13.1 Å². The van der Waals surface area contributed by atoms with E-state index >= 15 is 0 Å². The molecular weight excluding hydrogens is 529 g/mol. The first-order valence-electron chi connectivity index (χ1n) is 10.1. The molecule has 1 aliphatic rings. The summed E-state index contributed by atoms with van der Waals surface area (Å²) in [6, 6.07) is 4.62. The van der Waals surface area contributed by atoms with Gasteiger partial charge in [0.25, 0.3) is 5.60 Å². The fourth-order valence-electron chi connectivity index (χ4n) is 3.47. The molecule has 0 saturated carbocycles. The number of nitrogens with zero attached hydrogens (tertiary/aromatic N) is 4. The van der Waals surface area contributed by atoms with Gasteiger partial charge in [-0.2, -0.15) is 44.6 Å². The smallest absolute Gasteiger partial charge is 0.374 e. The van der Waals surface area contributed by atoms with Crippen molar-refractivity contribution in [2.24, 2.45) is 12.2 Å². The molecule has 2 amide bonds. The number of halogens is 9. The van der Waals surface area contributed by atoms with Gasteiger partial charge in [-0.15, -0.1) is 0 Å². The molecule has 1 unspecified atom stereocenters. The molecular formula is C20H16F9N5O3. The number of oxime groups is 1. The SMILES string of the molecule is Cn1cc(C2(C(F)(F)F)CC(c3ccc(N(C=O)CC(=O)NCC(F)(F)F)cc3)=NO2)c(C(F)(F)F)n1. The summed E-state index contributed by atoms with van der Waals surface area (Å²) in [7, 11) is 1.01. The van der Waals surface area contributed by atoms with Crippen molar-refractivity contribution in [3.05, 3.63) is 47.3 Å². The van der Waals surface area contributed by atoms with Crippen LogP contribution in [0, 0.1) is 0 Å². The minimum Gasteiger partial charge on any atom is -0.374 e. The van der Waals surface area contributed by atoms with Gasteiger partial charge in [0.2, 0.25) is 12.3 Å². The third-order valence-electron chi connectivity index (χ3n) is 5.18. The van der Waals surface area contributed by atoms with Gasteiger partial charge in [-0.25, -0.2) is 0 Å². The van der Waals surface area contributed by atoms with Crippen LogP contribution in [0.1, 0.15) is 23.2 Å². The lowest BCUT2D eigenvalue weighted by Crippen LogP contribution is -2.43. The first kappa shape index (κ1) is 27.8. The van der Waals surface area contributed by atoms with Crippen LogP contribution >= 0.6 is 0 Å². The van der Waals surface area contributed by atoms with Crippen molar-refractivity contribution in [1.82, 2.24) is 15.1 Å². The van der Waals surface area contributed by atoms with E-state index in [2.05, 4.69) is 15.1 Å². The van der Waals surface area contributed by atoms with Crippen LogP contribution in [0.2, 0.25) is 0 Å². The van der Waals surface area contributed by atoms with E-state index in [0.717, 1.165) is 36.2 Å². The molecule has 8 nitrogen and oxygen atoms in total. The normalized spacial score (nSPS) is 18.3. The second-order valence-electron chi connectivity index (χ2n) is 7.87. The lowest BCUT2D eigenvalue weighted by Gasteiger charge is -2.29. The zero-order valence-electron chi connectivity index (χ0n) is 18.5. The second kappa shape index (κ2) is 9.59. The molecule has 1 N–H and O–H groups in total. The molecule has 2 aromatic rings. The van der Waals surface area contributed by atoms with E-state index < -0.39 is 60.8 Å². The number of aromatic nitrogens is 2. The monoisotopic (exact) mass is 545 g/mol. The van der Waals surface area contributed by atoms with Crippen LogP contribution in [-0.4, -0.2) is 53.3 Å². The van der Waals surface area contributed by atoms with Gasteiger partial charge >= 0.3 is 18.5 Å². The molecule has 0 radical (unpaired) electrons. The Hall–Kier alpha value is -3.79. The number of alkyl halides is 9. The molecule has 202 valence electrons. The average molecular weight is 545 g/mol. The number of hydrogen-bond acceptors (Lipinski definition) is 5. The average Bonchev–Trinajstić information content (AvgIpc) is 3.40. The molecule has 0 spiro atoms. The number of nitrogens with one attached hydrogen (secondary N) is 1. The molecule has 1 aliphatic heterocycles. The topological polar surface area (TPSA) is 88.8 Å². The Kier molecular flexibility index (Phi) is 7.20. The Labute approximate surface area is 201 Å². The van der Waals surface area contributed by atoms with Crippen molar-refractivity contribution in [2.75, 3.05) is 18.0 Å². The summed E-state index contributed by atoms with van der Waals surface area (Å²) >= 11 is 0. The number of aryl methyl sites for hydroxylation is 1. The predicted molar refractivity (Wildman–Crippen MR) is 107 cm³/mol. The molecule has 17 heteroatoms. The largest absolute Gasteiger partial charge is 0.435 e. The van der Waals surface area contributed by atoms with Crippen LogP contribution < -0.4 is 10.2 Å². The zero-order valence-corrected chi connectivity index (χ0v) is 18.5. The maximum Gasteiger partial charge on any atom is 0.435 e. The van der Waals surface area contributed by atoms with E-state index in [4.69, 9.17) is 0 Å². The molecule has 3 rings (SSSR count). The highest BCUT2D eigenvalue weighted by Crippen LogP contribution is 2.51. The summed E-state index contributed by atoms with van der Waals surface area (Å²) in [5.74, 6) is -1.13. The van der Waals surface area contributed by atoms with Crippen LogP contribution in [-0.2, 0) is 33.3 Å². The maximum atomic E-state index is 14.1. The third kappa shape index (κ3) is 5.96. The van der Waals surface area contributed by atoms with Gasteiger partial charge in [-0.05, 0) is 17.7 Å². The Morgan fingerprint density at radius 1 is 1.14 bits per heavy atom. The predicted octanol–water partition coefficient (Wildman–Crippen LogP) is 3.66. The molecule has 1 aromatic heterocycles. The van der Waals surface area contributed by atoms with E-state index in [1.54, 1.807) is 5.32 Å². The number of anilines is 1. The maximum absolute atomic E-state index is 14.1. The van der Waals surface area contributed by atoms with Crippen molar-refractivity contribution >= 4 is 23.7 Å². The Balaban J connectivity index is 1.83. The molecule has 0 bridgehead atoms. The summed E-state index contributed by atoms with van der Waals surface area (Å²) < 4.78 is 120. The molecule has 2 heterocycles. The Morgan fingerprint density at radius 2 is 1.76 bits per heavy atom. The van der Waals surface area contributed by atoms with E-state index in [1.807, 2.05) is 0 Å². The Bertz CT molecular complexity index is 1190. The van der Waals surface area contributed by atoms with Gasteiger partial charge in [-0.1, -0.05) is 17.3 Å². The number of hydrogen-bond donors (Lipinski definition) is 1. The first-order valence-corrected chi connectivity index (χ1v) is 10.1. The summed E-state index contributed by atoms with van der Waals surface area (Å²) in [5, 5.41) is 8.04.